The highest BCUT2D eigenvalue weighted by atomic mass is 16.8. The summed E-state index contributed by atoms with van der Waals surface area (Å²) in [5, 5.41) is 116. The fraction of sp³-hybridized carbons (Fsp3) is 0.902. The first kappa shape index (κ1) is 55.7. The normalized spacial score (nSPS) is 51.2. The minimum Gasteiger partial charge on any atom is -0.494 e. The first-order valence-corrected chi connectivity index (χ1v) is 26.3. The zero-order valence-corrected chi connectivity index (χ0v) is 42.5. The van der Waals surface area contributed by atoms with Gasteiger partial charge in [-0.25, -0.2) is 0 Å². The molecule has 4 saturated heterocycles. The van der Waals surface area contributed by atoms with Crippen LogP contribution in [-0.2, 0) is 52.2 Å². The maximum atomic E-state index is 12.5. The largest absolute Gasteiger partial charge is 0.494 e. The van der Waals surface area contributed by atoms with Crippen LogP contribution in [0.15, 0.2) is 23.0 Å². The summed E-state index contributed by atoms with van der Waals surface area (Å²) in [7, 11) is 0. The Kier molecular flexibility index (Phi) is 16.8. The standard InChI is InChI=1S/C51H80O22/c1-20(17-64-46-42(62)40(60)38(58)32(16-52)70-46)7-10-30-21(2)35-31(69-30)15-28-26-9-8-24-13-25(54)14-34(51(24,6)27(26)11-12-50(28,35)5)71-49-45(73-48-43(63)39(59)36(56)22(3)67-48)44(33(19-66-49)68-23(4)53)72-47-41(61)37(57)29(55)18-65-47/h8,20,22,25-29,31-49,52,54-63H,7,9-19H2,1-6H3. The van der Waals surface area contributed by atoms with Crippen molar-refractivity contribution in [1.82, 2.24) is 0 Å². The Hall–Kier alpha value is -2.01. The molecule has 5 heterocycles. The molecule has 7 fully saturated rings. The van der Waals surface area contributed by atoms with Crippen LogP contribution in [0, 0.1) is 40.4 Å². The van der Waals surface area contributed by atoms with Crippen LogP contribution in [-0.4, -0.2) is 217 Å². The lowest BCUT2D eigenvalue weighted by Gasteiger charge is -2.60. The van der Waals surface area contributed by atoms with Gasteiger partial charge in [0.15, 0.2) is 31.3 Å². The molecule has 28 atom stereocenters. The van der Waals surface area contributed by atoms with Crippen molar-refractivity contribution < 1.29 is 108 Å². The quantitative estimate of drug-likeness (QED) is 0.0716. The molecule has 0 bridgehead atoms. The molecule has 73 heavy (non-hydrogen) atoms. The molecule has 5 aliphatic heterocycles. The number of esters is 1. The van der Waals surface area contributed by atoms with Crippen LogP contribution in [0.25, 0.3) is 0 Å². The van der Waals surface area contributed by atoms with Gasteiger partial charge in [-0.3, -0.25) is 4.79 Å². The van der Waals surface area contributed by atoms with Crippen molar-refractivity contribution in [1.29, 1.82) is 0 Å². The van der Waals surface area contributed by atoms with Gasteiger partial charge in [0.25, 0.3) is 0 Å². The molecule has 0 spiro atoms. The van der Waals surface area contributed by atoms with Crippen LogP contribution >= 0.6 is 0 Å². The summed E-state index contributed by atoms with van der Waals surface area (Å²) in [6.45, 7) is 10.4. The zero-order chi connectivity index (χ0) is 52.6. The highest BCUT2D eigenvalue weighted by molar-refractivity contribution is 5.66. The SMILES string of the molecule is CC(=O)OC1COC(OC2CC(O)CC3=CCC4C5CC6OC(CCC(C)COC7OC(CO)C(O)C(O)C7O)=C(C)C6C5(C)CCC4C32C)C(OC2OC(C)C(O)C(O)C2O)C1OC1OCC(O)C(O)C1O. The third-order valence-corrected chi connectivity index (χ3v) is 18.5. The van der Waals surface area contributed by atoms with Gasteiger partial charge in [0.05, 0.1) is 50.5 Å². The third-order valence-electron chi connectivity index (χ3n) is 18.5. The van der Waals surface area contributed by atoms with Crippen molar-refractivity contribution in [3.63, 3.8) is 0 Å². The van der Waals surface area contributed by atoms with Gasteiger partial charge in [0.1, 0.15) is 79.4 Å². The summed E-state index contributed by atoms with van der Waals surface area (Å²) in [5.74, 6) is 1.13. The second kappa shape index (κ2) is 22.0. The van der Waals surface area contributed by atoms with E-state index >= 15 is 0 Å². The van der Waals surface area contributed by atoms with Crippen molar-refractivity contribution in [3.05, 3.63) is 23.0 Å². The van der Waals surface area contributed by atoms with E-state index in [0.29, 0.717) is 18.8 Å². The Morgan fingerprint density at radius 1 is 0.795 bits per heavy atom. The molecule has 0 amide bonds. The average Bonchev–Trinajstić information content (AvgIpc) is 3.84. The highest BCUT2D eigenvalue weighted by Gasteiger charge is 2.66. The number of fused-ring (bicyclic) bond motifs is 7. The summed E-state index contributed by atoms with van der Waals surface area (Å²) in [4.78, 5) is 12.5. The van der Waals surface area contributed by atoms with E-state index in [-0.39, 0.29) is 54.8 Å². The maximum absolute atomic E-state index is 12.5. The summed E-state index contributed by atoms with van der Waals surface area (Å²) < 4.78 is 61.6. The van der Waals surface area contributed by atoms with Crippen LogP contribution in [0.1, 0.15) is 92.9 Å². The molecular weight excluding hydrogens is 965 g/mol. The van der Waals surface area contributed by atoms with Gasteiger partial charge in [-0.15, -0.1) is 0 Å². The van der Waals surface area contributed by atoms with Crippen LogP contribution in [0.3, 0.4) is 0 Å². The monoisotopic (exact) mass is 1040 g/mol. The Labute approximate surface area is 425 Å². The Morgan fingerprint density at radius 3 is 2.21 bits per heavy atom. The predicted octanol–water partition coefficient (Wildman–Crippen LogP) is -1.24. The second-order valence-corrected chi connectivity index (χ2v) is 23.0. The molecule has 22 heteroatoms. The van der Waals surface area contributed by atoms with Crippen LogP contribution < -0.4 is 0 Å². The fourth-order valence-electron chi connectivity index (χ4n) is 14.4. The van der Waals surface area contributed by atoms with Gasteiger partial charge in [0, 0.05) is 31.1 Å². The summed E-state index contributed by atoms with van der Waals surface area (Å²) in [6, 6.07) is 0. The molecule has 416 valence electrons. The zero-order valence-electron chi connectivity index (χ0n) is 42.5. The van der Waals surface area contributed by atoms with Gasteiger partial charge in [-0.2, -0.15) is 0 Å². The summed E-state index contributed by atoms with van der Waals surface area (Å²) in [5.41, 5.74) is 1.62. The molecule has 3 saturated carbocycles. The molecule has 9 aliphatic rings. The lowest BCUT2D eigenvalue weighted by molar-refractivity contribution is -0.382. The van der Waals surface area contributed by atoms with E-state index in [1.165, 1.54) is 19.4 Å². The molecule has 28 unspecified atom stereocenters. The highest BCUT2D eigenvalue weighted by Crippen LogP contribution is 2.69. The lowest BCUT2D eigenvalue weighted by atomic mass is 9.46. The second-order valence-electron chi connectivity index (χ2n) is 23.0. The first-order valence-electron chi connectivity index (χ1n) is 26.3. The van der Waals surface area contributed by atoms with E-state index in [4.69, 9.17) is 47.4 Å². The molecule has 0 radical (unpaired) electrons. The number of allylic oxidation sites excluding steroid dienone is 2. The van der Waals surface area contributed by atoms with E-state index in [1.54, 1.807) is 0 Å². The molecule has 4 aliphatic carbocycles. The Morgan fingerprint density at radius 2 is 1.48 bits per heavy atom. The molecule has 0 aromatic rings. The number of rotatable bonds is 14. The molecule has 9 rings (SSSR count). The Bertz CT molecular complexity index is 1990. The van der Waals surface area contributed by atoms with E-state index < -0.39 is 147 Å². The van der Waals surface area contributed by atoms with Crippen molar-refractivity contribution >= 4 is 5.97 Å². The van der Waals surface area contributed by atoms with E-state index in [9.17, 15) is 61.0 Å². The van der Waals surface area contributed by atoms with Crippen molar-refractivity contribution in [3.8, 4) is 0 Å². The van der Waals surface area contributed by atoms with Gasteiger partial charge in [-0.1, -0.05) is 32.4 Å². The molecule has 0 aromatic carbocycles. The van der Waals surface area contributed by atoms with Gasteiger partial charge < -0.3 is 104 Å². The van der Waals surface area contributed by atoms with Gasteiger partial charge >= 0.3 is 5.97 Å². The predicted molar refractivity (Wildman–Crippen MR) is 248 cm³/mol. The number of aliphatic hydroxyl groups is 11. The first-order chi connectivity index (χ1) is 34.6. The van der Waals surface area contributed by atoms with Crippen molar-refractivity contribution in [2.75, 3.05) is 26.4 Å². The molecule has 11 N–H and O–H groups in total. The lowest BCUT2D eigenvalue weighted by Crippen LogP contribution is -2.65. The minimum atomic E-state index is -1.78. The third kappa shape index (κ3) is 10.3. The van der Waals surface area contributed by atoms with Crippen LogP contribution in [0.2, 0.25) is 0 Å². The Balaban J connectivity index is 0.928. The molecule has 22 nitrogen and oxygen atoms in total. The fourth-order valence-corrected chi connectivity index (χ4v) is 14.4. The smallest absolute Gasteiger partial charge is 0.303 e. The number of ether oxygens (including phenoxy) is 10. The van der Waals surface area contributed by atoms with Crippen LogP contribution in [0.5, 0.6) is 0 Å². The number of carbonyl (C=O) groups is 1. The maximum Gasteiger partial charge on any atom is 0.303 e. The molecular formula is C51H80O22. The van der Waals surface area contributed by atoms with Crippen molar-refractivity contribution in [2.24, 2.45) is 40.4 Å². The molecule has 0 aromatic heterocycles. The van der Waals surface area contributed by atoms with E-state index in [1.807, 2.05) is 6.92 Å². The minimum absolute atomic E-state index is 0.00535. The summed E-state index contributed by atoms with van der Waals surface area (Å²) >= 11 is 0. The number of hydrogen-bond donors (Lipinski definition) is 11. The van der Waals surface area contributed by atoms with Gasteiger partial charge in [0.2, 0.25) is 0 Å². The number of carbonyl (C=O) groups excluding carboxylic acids is 1. The van der Waals surface area contributed by atoms with Crippen LogP contribution in [0.4, 0.5) is 0 Å². The number of aliphatic hydroxyl groups excluding tert-OH is 11. The van der Waals surface area contributed by atoms with Gasteiger partial charge in [-0.05, 0) is 87.0 Å². The average molecular weight is 1050 g/mol. The van der Waals surface area contributed by atoms with E-state index in [2.05, 4.69) is 26.8 Å². The summed E-state index contributed by atoms with van der Waals surface area (Å²) in [6.07, 6.45) is -19.8. The topological polar surface area (TPSA) is 332 Å². The van der Waals surface area contributed by atoms with E-state index in [0.717, 1.165) is 43.4 Å². The number of hydrogen-bond acceptors (Lipinski definition) is 22. The van der Waals surface area contributed by atoms with Crippen molar-refractivity contribution in [2.45, 2.75) is 222 Å².